The van der Waals surface area contributed by atoms with E-state index in [1.54, 1.807) is 11.0 Å². The Kier molecular flexibility index (Phi) is 5.39. The summed E-state index contributed by atoms with van der Waals surface area (Å²) in [7, 11) is 0. The summed E-state index contributed by atoms with van der Waals surface area (Å²) in [6.45, 7) is 2.81. The molecule has 4 rings (SSSR count). The highest BCUT2D eigenvalue weighted by Crippen LogP contribution is 2.29. The molecule has 1 aromatic heterocycles. The molecule has 0 spiro atoms. The molecule has 0 bridgehead atoms. The van der Waals surface area contributed by atoms with Crippen molar-refractivity contribution in [3.63, 3.8) is 0 Å². The largest absolute Gasteiger partial charge is 0.416 e. The highest BCUT2D eigenvalue weighted by molar-refractivity contribution is 7.99. The third kappa shape index (κ3) is 4.18. The van der Waals surface area contributed by atoms with Crippen molar-refractivity contribution in [1.82, 2.24) is 19.4 Å². The summed E-state index contributed by atoms with van der Waals surface area (Å²) in [5.74, 6) is 0.432. The second-order valence-electron chi connectivity index (χ2n) is 7.03. The van der Waals surface area contributed by atoms with Crippen molar-refractivity contribution in [2.45, 2.75) is 24.4 Å². The lowest BCUT2D eigenvalue weighted by Crippen LogP contribution is -2.49. The molecule has 154 valence electrons. The third-order valence-electron chi connectivity index (χ3n) is 5.11. The van der Waals surface area contributed by atoms with Gasteiger partial charge in [-0.2, -0.15) is 13.2 Å². The SMILES string of the molecule is O=C(c1cnc2n(c1=O)CCS2)N1CCN(Cc2cccc(C(F)(F)F)c2)CC1. The highest BCUT2D eigenvalue weighted by Gasteiger charge is 2.31. The van der Waals surface area contributed by atoms with E-state index in [2.05, 4.69) is 4.98 Å². The molecule has 0 atom stereocenters. The van der Waals surface area contributed by atoms with E-state index in [9.17, 15) is 22.8 Å². The Balaban J connectivity index is 1.39. The Morgan fingerprint density at radius 3 is 2.62 bits per heavy atom. The molecule has 0 unspecified atom stereocenters. The van der Waals surface area contributed by atoms with Gasteiger partial charge in [0.25, 0.3) is 11.5 Å². The van der Waals surface area contributed by atoms with Crippen LogP contribution in [0, 0.1) is 0 Å². The first-order valence-electron chi connectivity index (χ1n) is 9.23. The van der Waals surface area contributed by atoms with E-state index in [0.717, 1.165) is 17.9 Å². The second kappa shape index (κ2) is 7.83. The molecule has 3 heterocycles. The minimum absolute atomic E-state index is 0.0718. The number of piperazine rings is 1. The molecule has 0 saturated carbocycles. The number of halogens is 3. The van der Waals surface area contributed by atoms with Gasteiger partial charge in [0.05, 0.1) is 5.56 Å². The number of alkyl halides is 3. The van der Waals surface area contributed by atoms with Gasteiger partial charge in [-0.05, 0) is 11.6 Å². The van der Waals surface area contributed by atoms with Crippen molar-refractivity contribution in [2.75, 3.05) is 31.9 Å². The molecule has 1 amide bonds. The van der Waals surface area contributed by atoms with E-state index in [-0.39, 0.29) is 17.0 Å². The van der Waals surface area contributed by atoms with Crippen molar-refractivity contribution in [2.24, 2.45) is 0 Å². The fraction of sp³-hybridized carbons (Fsp3) is 0.421. The van der Waals surface area contributed by atoms with Crippen LogP contribution >= 0.6 is 11.8 Å². The first kappa shape index (κ1) is 20.0. The molecule has 2 aliphatic rings. The zero-order valence-electron chi connectivity index (χ0n) is 15.5. The summed E-state index contributed by atoms with van der Waals surface area (Å²) in [6.07, 6.45) is -3.01. The highest BCUT2D eigenvalue weighted by atomic mass is 32.2. The van der Waals surface area contributed by atoms with Crippen LogP contribution < -0.4 is 5.56 Å². The Hall–Kier alpha value is -2.33. The fourth-order valence-electron chi connectivity index (χ4n) is 3.55. The van der Waals surface area contributed by atoms with E-state index >= 15 is 0 Å². The van der Waals surface area contributed by atoms with Gasteiger partial charge in [0.1, 0.15) is 5.56 Å². The van der Waals surface area contributed by atoms with Crippen molar-refractivity contribution in [3.8, 4) is 0 Å². The average Bonchev–Trinajstić information content (AvgIpc) is 3.18. The summed E-state index contributed by atoms with van der Waals surface area (Å²) in [6, 6.07) is 5.29. The van der Waals surface area contributed by atoms with E-state index in [1.807, 2.05) is 4.90 Å². The van der Waals surface area contributed by atoms with Gasteiger partial charge in [0, 0.05) is 51.2 Å². The van der Waals surface area contributed by atoms with Crippen LogP contribution in [0.2, 0.25) is 0 Å². The number of carbonyl (C=O) groups is 1. The zero-order chi connectivity index (χ0) is 20.6. The monoisotopic (exact) mass is 424 g/mol. The Morgan fingerprint density at radius 2 is 1.90 bits per heavy atom. The van der Waals surface area contributed by atoms with Gasteiger partial charge < -0.3 is 4.90 Å². The number of hydrogen-bond acceptors (Lipinski definition) is 5. The molecule has 0 N–H and O–H groups in total. The zero-order valence-corrected chi connectivity index (χ0v) is 16.3. The van der Waals surface area contributed by atoms with Crippen LogP contribution in [0.15, 0.2) is 40.4 Å². The molecule has 2 aliphatic heterocycles. The molecule has 1 fully saturated rings. The molecule has 1 aromatic carbocycles. The van der Waals surface area contributed by atoms with Crippen LogP contribution in [-0.4, -0.2) is 57.2 Å². The fourth-order valence-corrected chi connectivity index (χ4v) is 4.46. The van der Waals surface area contributed by atoms with Gasteiger partial charge in [-0.15, -0.1) is 0 Å². The van der Waals surface area contributed by atoms with Crippen LogP contribution in [0.1, 0.15) is 21.5 Å². The van der Waals surface area contributed by atoms with Gasteiger partial charge in [-0.25, -0.2) is 4.98 Å². The van der Waals surface area contributed by atoms with E-state index < -0.39 is 11.7 Å². The quantitative estimate of drug-likeness (QED) is 0.708. The third-order valence-corrected chi connectivity index (χ3v) is 6.08. The first-order chi connectivity index (χ1) is 13.8. The van der Waals surface area contributed by atoms with Crippen molar-refractivity contribution >= 4 is 17.7 Å². The topological polar surface area (TPSA) is 58.4 Å². The van der Waals surface area contributed by atoms with Crippen LogP contribution in [0.5, 0.6) is 0 Å². The van der Waals surface area contributed by atoms with Gasteiger partial charge in [-0.1, -0.05) is 30.0 Å². The number of fused-ring (bicyclic) bond motifs is 1. The molecule has 0 radical (unpaired) electrons. The first-order valence-corrected chi connectivity index (χ1v) is 10.2. The summed E-state index contributed by atoms with van der Waals surface area (Å²) in [4.78, 5) is 33.1. The minimum Gasteiger partial charge on any atom is -0.336 e. The smallest absolute Gasteiger partial charge is 0.336 e. The number of rotatable bonds is 3. The number of benzene rings is 1. The lowest BCUT2D eigenvalue weighted by Gasteiger charge is -2.34. The normalized spacial score (nSPS) is 17.4. The average molecular weight is 424 g/mol. The Morgan fingerprint density at radius 1 is 1.14 bits per heavy atom. The van der Waals surface area contributed by atoms with Gasteiger partial charge >= 0.3 is 6.18 Å². The summed E-state index contributed by atoms with van der Waals surface area (Å²) >= 11 is 1.49. The Labute approximate surface area is 169 Å². The summed E-state index contributed by atoms with van der Waals surface area (Å²) in [5, 5.41) is 0.637. The molecule has 29 heavy (non-hydrogen) atoms. The Bertz CT molecular complexity index is 984. The minimum atomic E-state index is -4.36. The predicted octanol–water partition coefficient (Wildman–Crippen LogP) is 2.33. The standard InChI is InChI=1S/C19H19F3N4O2S/c20-19(21,22)14-3-1-2-13(10-14)12-24-4-6-25(7-5-24)16(27)15-11-23-18-26(17(15)28)8-9-29-18/h1-3,10-11H,4-9,12H2. The lowest BCUT2D eigenvalue weighted by molar-refractivity contribution is -0.137. The molecular weight excluding hydrogens is 405 g/mol. The number of nitrogens with zero attached hydrogens (tertiary/aromatic N) is 4. The molecular formula is C19H19F3N4O2S. The van der Waals surface area contributed by atoms with Crippen LogP contribution in [0.3, 0.4) is 0 Å². The number of thioether (sulfide) groups is 1. The maximum atomic E-state index is 12.9. The van der Waals surface area contributed by atoms with Crippen molar-refractivity contribution in [1.29, 1.82) is 0 Å². The van der Waals surface area contributed by atoms with E-state index in [0.29, 0.717) is 50.0 Å². The van der Waals surface area contributed by atoms with Gasteiger partial charge in [0.2, 0.25) is 0 Å². The number of hydrogen-bond donors (Lipinski definition) is 0. The van der Waals surface area contributed by atoms with E-state index in [1.165, 1.54) is 28.6 Å². The molecule has 6 nitrogen and oxygen atoms in total. The molecule has 0 aliphatic carbocycles. The van der Waals surface area contributed by atoms with Crippen molar-refractivity contribution in [3.05, 3.63) is 57.5 Å². The van der Waals surface area contributed by atoms with Crippen LogP contribution in [0.4, 0.5) is 13.2 Å². The lowest BCUT2D eigenvalue weighted by atomic mass is 10.1. The van der Waals surface area contributed by atoms with Gasteiger partial charge in [0.15, 0.2) is 5.16 Å². The molecule has 2 aromatic rings. The summed E-state index contributed by atoms with van der Waals surface area (Å²) in [5.41, 5.74) is -0.316. The second-order valence-corrected chi connectivity index (χ2v) is 8.09. The van der Waals surface area contributed by atoms with Crippen LogP contribution in [0.25, 0.3) is 0 Å². The maximum absolute atomic E-state index is 12.9. The number of aromatic nitrogens is 2. The summed E-state index contributed by atoms with van der Waals surface area (Å²) < 4.78 is 40.1. The van der Waals surface area contributed by atoms with Gasteiger partial charge in [-0.3, -0.25) is 19.1 Å². The maximum Gasteiger partial charge on any atom is 0.416 e. The van der Waals surface area contributed by atoms with Crippen LogP contribution in [-0.2, 0) is 19.3 Å². The predicted molar refractivity (Wildman–Crippen MR) is 102 cm³/mol. The number of amides is 1. The van der Waals surface area contributed by atoms with E-state index in [4.69, 9.17) is 0 Å². The molecule has 1 saturated heterocycles. The van der Waals surface area contributed by atoms with Crippen molar-refractivity contribution < 1.29 is 18.0 Å². The molecule has 10 heteroatoms. The number of carbonyl (C=O) groups excluding carboxylic acids is 1.